The summed E-state index contributed by atoms with van der Waals surface area (Å²) >= 11 is 0. The zero-order valence-corrected chi connectivity index (χ0v) is 12.8. The maximum Gasteiger partial charge on any atom is 0.285 e. The molecule has 0 aliphatic rings. The summed E-state index contributed by atoms with van der Waals surface area (Å²) < 4.78 is 28.1. The molecule has 0 amide bonds. The standard InChI is InChI=1S/C16H25F2N/c1-14(2,3)12-7-9-13(10-8-12)16(17,18)11-19-15(4,5)6/h7-10,19H,11H2,1-6H3. The maximum atomic E-state index is 14.1. The second kappa shape index (κ2) is 5.20. The minimum atomic E-state index is -2.84. The van der Waals surface area contributed by atoms with Crippen LogP contribution in [-0.2, 0) is 11.3 Å². The van der Waals surface area contributed by atoms with E-state index in [1.54, 1.807) is 12.1 Å². The van der Waals surface area contributed by atoms with E-state index in [4.69, 9.17) is 0 Å². The molecule has 1 aromatic carbocycles. The molecular formula is C16H25F2N. The summed E-state index contributed by atoms with van der Waals surface area (Å²) in [5.74, 6) is -2.84. The first-order chi connectivity index (χ1) is 8.42. The summed E-state index contributed by atoms with van der Waals surface area (Å²) in [7, 11) is 0. The molecule has 19 heavy (non-hydrogen) atoms. The van der Waals surface area contributed by atoms with Crippen LogP contribution in [0.5, 0.6) is 0 Å². The third-order valence-electron chi connectivity index (χ3n) is 3.01. The highest BCUT2D eigenvalue weighted by Gasteiger charge is 2.32. The molecule has 0 unspecified atom stereocenters. The van der Waals surface area contributed by atoms with E-state index in [1.165, 1.54) is 12.1 Å². The first-order valence-corrected chi connectivity index (χ1v) is 6.66. The molecule has 3 heteroatoms. The predicted octanol–water partition coefficient (Wildman–Crippen LogP) is 4.46. The molecule has 0 aromatic heterocycles. The van der Waals surface area contributed by atoms with Crippen molar-refractivity contribution in [3.8, 4) is 0 Å². The fourth-order valence-corrected chi connectivity index (χ4v) is 1.69. The summed E-state index contributed by atoms with van der Waals surface area (Å²) in [6.45, 7) is 11.5. The van der Waals surface area contributed by atoms with Crippen molar-refractivity contribution in [2.75, 3.05) is 6.54 Å². The minimum Gasteiger partial charge on any atom is -0.306 e. The first kappa shape index (κ1) is 16.1. The van der Waals surface area contributed by atoms with Crippen LogP contribution in [0.3, 0.4) is 0 Å². The zero-order valence-electron chi connectivity index (χ0n) is 12.8. The summed E-state index contributed by atoms with van der Waals surface area (Å²) in [4.78, 5) is 0. The number of hydrogen-bond acceptors (Lipinski definition) is 1. The fraction of sp³-hybridized carbons (Fsp3) is 0.625. The van der Waals surface area contributed by atoms with Gasteiger partial charge >= 0.3 is 0 Å². The minimum absolute atomic E-state index is 0.0164. The van der Waals surface area contributed by atoms with E-state index in [-0.39, 0.29) is 23.1 Å². The van der Waals surface area contributed by atoms with Crippen molar-refractivity contribution in [3.05, 3.63) is 35.4 Å². The molecular weight excluding hydrogens is 244 g/mol. The van der Waals surface area contributed by atoms with Crippen LogP contribution in [0.15, 0.2) is 24.3 Å². The van der Waals surface area contributed by atoms with Crippen LogP contribution >= 0.6 is 0 Å². The summed E-state index contributed by atoms with van der Waals surface area (Å²) in [5, 5.41) is 2.86. The molecule has 0 atom stereocenters. The van der Waals surface area contributed by atoms with Gasteiger partial charge in [0.15, 0.2) is 0 Å². The third-order valence-corrected chi connectivity index (χ3v) is 3.01. The highest BCUT2D eigenvalue weighted by atomic mass is 19.3. The number of halogens is 2. The van der Waals surface area contributed by atoms with Gasteiger partial charge in [0.05, 0.1) is 6.54 Å². The Morgan fingerprint density at radius 2 is 1.26 bits per heavy atom. The monoisotopic (exact) mass is 269 g/mol. The van der Waals surface area contributed by atoms with Crippen molar-refractivity contribution < 1.29 is 8.78 Å². The van der Waals surface area contributed by atoms with Crippen molar-refractivity contribution in [2.45, 2.75) is 58.4 Å². The lowest BCUT2D eigenvalue weighted by molar-refractivity contribution is -0.00863. The van der Waals surface area contributed by atoms with Crippen LogP contribution in [0.4, 0.5) is 8.78 Å². The Balaban J connectivity index is 2.85. The second-order valence-electron chi connectivity index (χ2n) is 7.14. The molecule has 0 radical (unpaired) electrons. The van der Waals surface area contributed by atoms with Crippen LogP contribution in [0.25, 0.3) is 0 Å². The number of hydrogen-bond donors (Lipinski definition) is 1. The van der Waals surface area contributed by atoms with Gasteiger partial charge in [0, 0.05) is 11.1 Å². The zero-order chi connectivity index (χ0) is 14.9. The fourth-order valence-electron chi connectivity index (χ4n) is 1.69. The number of alkyl halides is 2. The molecule has 108 valence electrons. The van der Waals surface area contributed by atoms with Gasteiger partial charge in [-0.2, -0.15) is 8.78 Å². The molecule has 1 aromatic rings. The Morgan fingerprint density at radius 3 is 1.63 bits per heavy atom. The average Bonchev–Trinajstić information content (AvgIpc) is 2.25. The topological polar surface area (TPSA) is 12.0 Å². The van der Waals surface area contributed by atoms with Gasteiger partial charge in [0.1, 0.15) is 0 Å². The van der Waals surface area contributed by atoms with E-state index >= 15 is 0 Å². The predicted molar refractivity (Wildman–Crippen MR) is 76.8 cm³/mol. The Hall–Kier alpha value is -0.960. The van der Waals surface area contributed by atoms with Gasteiger partial charge in [-0.25, -0.2) is 0 Å². The van der Waals surface area contributed by atoms with E-state index in [0.29, 0.717) is 0 Å². The molecule has 0 aliphatic carbocycles. The van der Waals surface area contributed by atoms with Crippen LogP contribution < -0.4 is 5.32 Å². The van der Waals surface area contributed by atoms with Gasteiger partial charge in [-0.1, -0.05) is 45.0 Å². The second-order valence-corrected chi connectivity index (χ2v) is 7.14. The van der Waals surface area contributed by atoms with Crippen molar-refractivity contribution in [2.24, 2.45) is 0 Å². The van der Waals surface area contributed by atoms with E-state index in [1.807, 2.05) is 20.8 Å². The van der Waals surface area contributed by atoms with Crippen LogP contribution in [0.1, 0.15) is 52.7 Å². The van der Waals surface area contributed by atoms with Gasteiger partial charge in [-0.3, -0.25) is 0 Å². The SMILES string of the molecule is CC(C)(C)NCC(F)(F)c1ccc(C(C)(C)C)cc1. The van der Waals surface area contributed by atoms with E-state index < -0.39 is 5.92 Å². The molecule has 1 N–H and O–H groups in total. The Morgan fingerprint density at radius 1 is 0.842 bits per heavy atom. The lowest BCUT2D eigenvalue weighted by Crippen LogP contribution is -2.42. The van der Waals surface area contributed by atoms with Crippen LogP contribution in [0.2, 0.25) is 0 Å². The Labute approximate surface area is 115 Å². The molecule has 0 saturated heterocycles. The number of benzene rings is 1. The van der Waals surface area contributed by atoms with Gasteiger partial charge in [0.2, 0.25) is 0 Å². The molecule has 0 heterocycles. The van der Waals surface area contributed by atoms with Gasteiger partial charge in [-0.15, -0.1) is 0 Å². The van der Waals surface area contributed by atoms with Crippen molar-refractivity contribution >= 4 is 0 Å². The molecule has 0 bridgehead atoms. The van der Waals surface area contributed by atoms with Crippen LogP contribution in [0, 0.1) is 0 Å². The van der Waals surface area contributed by atoms with Gasteiger partial charge < -0.3 is 5.32 Å². The Bertz CT molecular complexity index is 408. The van der Waals surface area contributed by atoms with E-state index in [0.717, 1.165) is 5.56 Å². The van der Waals surface area contributed by atoms with Crippen molar-refractivity contribution in [1.29, 1.82) is 0 Å². The smallest absolute Gasteiger partial charge is 0.285 e. The molecule has 1 rings (SSSR count). The average molecular weight is 269 g/mol. The van der Waals surface area contributed by atoms with Gasteiger partial charge in [-0.05, 0) is 31.7 Å². The summed E-state index contributed by atoms with van der Waals surface area (Å²) in [5.41, 5.74) is 0.805. The van der Waals surface area contributed by atoms with Crippen molar-refractivity contribution in [1.82, 2.24) is 5.32 Å². The van der Waals surface area contributed by atoms with E-state index in [2.05, 4.69) is 26.1 Å². The molecule has 0 aliphatic heterocycles. The van der Waals surface area contributed by atoms with E-state index in [9.17, 15) is 8.78 Å². The molecule has 1 nitrogen and oxygen atoms in total. The highest BCUT2D eigenvalue weighted by Crippen LogP contribution is 2.30. The Kier molecular flexibility index (Phi) is 4.40. The number of rotatable bonds is 3. The lowest BCUT2D eigenvalue weighted by atomic mass is 9.86. The third kappa shape index (κ3) is 4.90. The molecule has 0 fully saturated rings. The molecule has 0 saturated carbocycles. The molecule has 0 spiro atoms. The normalized spacial score (nSPS) is 13.7. The lowest BCUT2D eigenvalue weighted by Gasteiger charge is -2.26. The summed E-state index contributed by atoms with van der Waals surface area (Å²) in [6, 6.07) is 6.65. The van der Waals surface area contributed by atoms with Crippen molar-refractivity contribution in [3.63, 3.8) is 0 Å². The first-order valence-electron chi connectivity index (χ1n) is 6.66. The summed E-state index contributed by atoms with van der Waals surface area (Å²) in [6.07, 6.45) is 0. The maximum absolute atomic E-state index is 14.1. The van der Waals surface area contributed by atoms with Crippen LogP contribution in [-0.4, -0.2) is 12.1 Å². The quantitative estimate of drug-likeness (QED) is 0.854. The number of nitrogens with one attached hydrogen (secondary N) is 1. The van der Waals surface area contributed by atoms with Gasteiger partial charge in [0.25, 0.3) is 5.92 Å². The highest BCUT2D eigenvalue weighted by molar-refractivity contribution is 5.30. The largest absolute Gasteiger partial charge is 0.306 e.